The van der Waals surface area contributed by atoms with Gasteiger partial charge in [0, 0.05) is 0 Å². The average Bonchev–Trinajstić information content (AvgIpc) is 2.38. The Bertz CT molecular complexity index is 632. The molecule has 0 saturated carbocycles. The van der Waals surface area contributed by atoms with Crippen LogP contribution in [0.1, 0.15) is 15.9 Å². The predicted octanol–water partition coefficient (Wildman–Crippen LogP) is 2.68. The summed E-state index contributed by atoms with van der Waals surface area (Å²) >= 11 is 0. The molecule has 2 aromatic rings. The van der Waals surface area contributed by atoms with Gasteiger partial charge in [-0.1, -0.05) is 36.4 Å². The zero-order valence-electron chi connectivity index (χ0n) is 10.0. The standard InChI is InChI=1S/C15H12O4/c16-14(17)8-10-3-1-4-11(7-10)12-5-2-6-13(9-12)15(18)19/h1-7,9H,8H2,(H,16,17)(H,18,19). The minimum Gasteiger partial charge on any atom is -0.481 e. The topological polar surface area (TPSA) is 74.6 Å². The molecule has 0 aromatic heterocycles. The molecule has 19 heavy (non-hydrogen) atoms. The summed E-state index contributed by atoms with van der Waals surface area (Å²) < 4.78 is 0. The van der Waals surface area contributed by atoms with Crippen molar-refractivity contribution >= 4 is 11.9 Å². The van der Waals surface area contributed by atoms with Gasteiger partial charge in [0.05, 0.1) is 12.0 Å². The van der Waals surface area contributed by atoms with Crippen LogP contribution < -0.4 is 0 Å². The first-order valence-electron chi connectivity index (χ1n) is 5.71. The lowest BCUT2D eigenvalue weighted by Crippen LogP contribution is -2.00. The Balaban J connectivity index is 2.38. The molecule has 0 heterocycles. The highest BCUT2D eigenvalue weighted by Gasteiger charge is 2.06. The molecule has 0 spiro atoms. The van der Waals surface area contributed by atoms with Gasteiger partial charge in [-0.25, -0.2) is 4.79 Å². The van der Waals surface area contributed by atoms with Gasteiger partial charge in [0.25, 0.3) is 0 Å². The molecule has 2 rings (SSSR count). The van der Waals surface area contributed by atoms with Crippen LogP contribution in [0.2, 0.25) is 0 Å². The number of rotatable bonds is 4. The number of hydrogen-bond acceptors (Lipinski definition) is 2. The van der Waals surface area contributed by atoms with Crippen molar-refractivity contribution in [2.45, 2.75) is 6.42 Å². The molecule has 4 nitrogen and oxygen atoms in total. The van der Waals surface area contributed by atoms with Crippen LogP contribution in [0, 0.1) is 0 Å². The van der Waals surface area contributed by atoms with E-state index in [1.807, 2.05) is 6.07 Å². The Kier molecular flexibility index (Phi) is 3.61. The first kappa shape index (κ1) is 12.8. The van der Waals surface area contributed by atoms with Crippen LogP contribution in [0.15, 0.2) is 48.5 Å². The third-order valence-corrected chi connectivity index (χ3v) is 2.73. The molecule has 96 valence electrons. The number of aliphatic carboxylic acids is 1. The van der Waals surface area contributed by atoms with Gasteiger partial charge in [0.2, 0.25) is 0 Å². The van der Waals surface area contributed by atoms with E-state index < -0.39 is 11.9 Å². The SMILES string of the molecule is O=C(O)Cc1cccc(-c2cccc(C(=O)O)c2)c1. The van der Waals surface area contributed by atoms with Crippen LogP contribution in [-0.4, -0.2) is 22.2 Å². The van der Waals surface area contributed by atoms with Gasteiger partial charge in [0.1, 0.15) is 0 Å². The molecule has 2 N–H and O–H groups in total. The summed E-state index contributed by atoms with van der Waals surface area (Å²) in [5.41, 5.74) is 2.46. The van der Waals surface area contributed by atoms with E-state index in [9.17, 15) is 9.59 Å². The van der Waals surface area contributed by atoms with Crippen LogP contribution in [0.25, 0.3) is 11.1 Å². The van der Waals surface area contributed by atoms with E-state index >= 15 is 0 Å². The van der Waals surface area contributed by atoms with Crippen LogP contribution in [0.5, 0.6) is 0 Å². The summed E-state index contributed by atoms with van der Waals surface area (Å²) in [5.74, 6) is -1.88. The van der Waals surface area contributed by atoms with Gasteiger partial charge in [-0.3, -0.25) is 4.79 Å². The van der Waals surface area contributed by atoms with E-state index in [4.69, 9.17) is 10.2 Å². The van der Waals surface area contributed by atoms with E-state index in [0.717, 1.165) is 11.1 Å². The molecule has 0 amide bonds. The molecule has 0 radical (unpaired) electrons. The number of benzene rings is 2. The highest BCUT2D eigenvalue weighted by molar-refractivity contribution is 5.89. The summed E-state index contributed by atoms with van der Waals surface area (Å²) in [6, 6.07) is 13.6. The lowest BCUT2D eigenvalue weighted by Gasteiger charge is -2.05. The molecular weight excluding hydrogens is 244 g/mol. The van der Waals surface area contributed by atoms with Gasteiger partial charge >= 0.3 is 11.9 Å². The van der Waals surface area contributed by atoms with E-state index in [1.54, 1.807) is 36.4 Å². The maximum atomic E-state index is 10.9. The fraction of sp³-hybridized carbons (Fsp3) is 0.0667. The fourth-order valence-electron chi connectivity index (χ4n) is 1.87. The number of carboxylic acid groups (broad SMARTS) is 2. The Hall–Kier alpha value is -2.62. The maximum Gasteiger partial charge on any atom is 0.335 e. The number of hydrogen-bond donors (Lipinski definition) is 2. The lowest BCUT2D eigenvalue weighted by molar-refractivity contribution is -0.136. The smallest absolute Gasteiger partial charge is 0.335 e. The van der Waals surface area contributed by atoms with Crippen molar-refractivity contribution in [1.29, 1.82) is 0 Å². The van der Waals surface area contributed by atoms with Gasteiger partial charge in [0.15, 0.2) is 0 Å². The van der Waals surface area contributed by atoms with Crippen molar-refractivity contribution in [3.63, 3.8) is 0 Å². The van der Waals surface area contributed by atoms with Crippen LogP contribution in [0.4, 0.5) is 0 Å². The molecule has 0 aliphatic carbocycles. The summed E-state index contributed by atoms with van der Waals surface area (Å²) in [6.07, 6.45) is -0.0491. The summed E-state index contributed by atoms with van der Waals surface area (Å²) in [4.78, 5) is 21.6. The Morgan fingerprint density at radius 2 is 1.53 bits per heavy atom. The fourth-order valence-corrected chi connectivity index (χ4v) is 1.87. The Morgan fingerprint density at radius 1 is 0.895 bits per heavy atom. The van der Waals surface area contributed by atoms with Crippen molar-refractivity contribution < 1.29 is 19.8 Å². The molecule has 4 heteroatoms. The number of aromatic carboxylic acids is 1. The first-order valence-corrected chi connectivity index (χ1v) is 5.71. The largest absolute Gasteiger partial charge is 0.481 e. The zero-order valence-corrected chi connectivity index (χ0v) is 10.0. The van der Waals surface area contributed by atoms with Crippen molar-refractivity contribution in [3.05, 3.63) is 59.7 Å². The molecule has 0 fully saturated rings. The molecule has 0 atom stereocenters. The molecule has 0 saturated heterocycles. The van der Waals surface area contributed by atoms with Crippen LogP contribution in [-0.2, 0) is 11.2 Å². The minimum atomic E-state index is -0.983. The van der Waals surface area contributed by atoms with Gasteiger partial charge in [-0.2, -0.15) is 0 Å². The second-order valence-corrected chi connectivity index (χ2v) is 4.16. The average molecular weight is 256 g/mol. The lowest BCUT2D eigenvalue weighted by atomic mass is 10.00. The maximum absolute atomic E-state index is 10.9. The predicted molar refractivity (Wildman–Crippen MR) is 70.2 cm³/mol. The number of carbonyl (C=O) groups is 2. The van der Waals surface area contributed by atoms with Crippen molar-refractivity contribution in [2.24, 2.45) is 0 Å². The van der Waals surface area contributed by atoms with Crippen molar-refractivity contribution in [3.8, 4) is 11.1 Å². The number of carboxylic acids is 2. The van der Waals surface area contributed by atoms with Crippen molar-refractivity contribution in [1.82, 2.24) is 0 Å². The van der Waals surface area contributed by atoms with Gasteiger partial charge < -0.3 is 10.2 Å². The third-order valence-electron chi connectivity index (χ3n) is 2.73. The van der Waals surface area contributed by atoms with E-state index in [-0.39, 0.29) is 12.0 Å². The minimum absolute atomic E-state index is 0.0491. The molecule has 0 bridgehead atoms. The molecule has 0 aliphatic rings. The molecule has 0 aliphatic heterocycles. The first-order chi connectivity index (χ1) is 9.06. The van der Waals surface area contributed by atoms with Crippen molar-refractivity contribution in [2.75, 3.05) is 0 Å². The highest BCUT2D eigenvalue weighted by Crippen LogP contribution is 2.22. The quantitative estimate of drug-likeness (QED) is 0.881. The van der Waals surface area contributed by atoms with Crippen LogP contribution >= 0.6 is 0 Å². The van der Waals surface area contributed by atoms with E-state index in [2.05, 4.69) is 0 Å². The van der Waals surface area contributed by atoms with Gasteiger partial charge in [-0.15, -0.1) is 0 Å². The molecule has 2 aromatic carbocycles. The van der Waals surface area contributed by atoms with Crippen LogP contribution in [0.3, 0.4) is 0 Å². The second-order valence-electron chi connectivity index (χ2n) is 4.16. The monoisotopic (exact) mass is 256 g/mol. The highest BCUT2D eigenvalue weighted by atomic mass is 16.4. The Morgan fingerprint density at radius 3 is 2.16 bits per heavy atom. The van der Waals surface area contributed by atoms with Gasteiger partial charge in [-0.05, 0) is 28.8 Å². The molecule has 0 unspecified atom stereocenters. The summed E-state index contributed by atoms with van der Waals surface area (Å²) in [6.45, 7) is 0. The summed E-state index contributed by atoms with van der Waals surface area (Å²) in [7, 11) is 0. The third kappa shape index (κ3) is 3.19. The molecular formula is C15H12O4. The Labute approximate surface area is 109 Å². The normalized spacial score (nSPS) is 10.1. The van der Waals surface area contributed by atoms with E-state index in [1.165, 1.54) is 6.07 Å². The second kappa shape index (κ2) is 5.35. The van der Waals surface area contributed by atoms with E-state index in [0.29, 0.717) is 5.56 Å². The zero-order chi connectivity index (χ0) is 13.8. The summed E-state index contributed by atoms with van der Waals surface area (Å²) in [5, 5.41) is 17.7.